The molecule has 0 amide bonds. The number of carbonyl (C=O) groups excluding carboxylic acids is 1. The second-order valence-corrected chi connectivity index (χ2v) is 8.78. The van der Waals surface area contributed by atoms with Crippen LogP contribution in [0.3, 0.4) is 0 Å². The van der Waals surface area contributed by atoms with E-state index in [2.05, 4.69) is 5.10 Å². The van der Waals surface area contributed by atoms with Gasteiger partial charge in [-0.2, -0.15) is 23.5 Å². The number of rotatable bonds is 8. The lowest BCUT2D eigenvalue weighted by atomic mass is 10.1. The van der Waals surface area contributed by atoms with E-state index < -0.39 is 29.0 Å². The monoisotopic (exact) mass is 551 g/mol. The molecule has 0 aliphatic rings. The van der Waals surface area contributed by atoms with Crippen molar-refractivity contribution in [3.05, 3.63) is 98.5 Å². The topological polar surface area (TPSA) is 112 Å². The number of alkyl halides is 3. The highest BCUT2D eigenvalue weighted by Gasteiger charge is 2.31. The highest BCUT2D eigenvalue weighted by molar-refractivity contribution is 5.69. The highest BCUT2D eigenvalue weighted by Crippen LogP contribution is 2.31. The quantitative estimate of drug-likeness (QED) is 0.300. The Balaban J connectivity index is 1.94. The van der Waals surface area contributed by atoms with Gasteiger partial charge in [-0.25, -0.2) is 9.48 Å². The Morgan fingerprint density at radius 1 is 1.07 bits per heavy atom. The highest BCUT2D eigenvalue weighted by atomic mass is 19.4. The number of nitrogens with zero attached hydrogens (tertiary/aromatic N) is 5. The van der Waals surface area contributed by atoms with Gasteiger partial charge in [-0.3, -0.25) is 18.7 Å². The number of benzene rings is 2. The first kappa shape index (κ1) is 28.1. The number of ether oxygens (including phenoxy) is 1. The van der Waals surface area contributed by atoms with Gasteiger partial charge in [-0.1, -0.05) is 6.07 Å². The van der Waals surface area contributed by atoms with Crippen LogP contribution in [0.15, 0.2) is 70.4 Å². The average molecular weight is 552 g/mol. The molecule has 0 aliphatic heterocycles. The Morgan fingerprint density at radius 3 is 2.45 bits per heavy atom. The summed E-state index contributed by atoms with van der Waals surface area (Å²) < 4.78 is 48.8. The minimum Gasteiger partial charge on any atom is -0.466 e. The fourth-order valence-corrected chi connectivity index (χ4v) is 4.36. The molecule has 0 fully saturated rings. The van der Waals surface area contributed by atoms with Crippen molar-refractivity contribution in [1.29, 1.82) is 5.26 Å². The van der Waals surface area contributed by atoms with Crippen LogP contribution in [0.5, 0.6) is 0 Å². The first-order valence-electron chi connectivity index (χ1n) is 12.3. The molecule has 0 aliphatic carbocycles. The van der Waals surface area contributed by atoms with Crippen LogP contribution in [-0.4, -0.2) is 31.5 Å². The van der Waals surface area contributed by atoms with Gasteiger partial charge >= 0.3 is 17.8 Å². The molecule has 0 bridgehead atoms. The lowest BCUT2D eigenvalue weighted by Gasteiger charge is -2.19. The van der Waals surface area contributed by atoms with E-state index in [1.165, 1.54) is 29.9 Å². The summed E-state index contributed by atoms with van der Waals surface area (Å²) in [6, 6.07) is 14.2. The summed E-state index contributed by atoms with van der Waals surface area (Å²) in [5, 5.41) is 13.4. The number of aromatic nitrogens is 4. The van der Waals surface area contributed by atoms with Crippen molar-refractivity contribution in [2.75, 3.05) is 6.61 Å². The van der Waals surface area contributed by atoms with Gasteiger partial charge in [-0.05, 0) is 68.8 Å². The minimum atomic E-state index is -4.65. The van der Waals surface area contributed by atoms with Gasteiger partial charge in [-0.15, -0.1) is 0 Å². The third-order valence-electron chi connectivity index (χ3n) is 6.22. The molecule has 0 radical (unpaired) electrons. The molecule has 2 heterocycles. The molecular formula is C28H24F3N5O4. The van der Waals surface area contributed by atoms with Crippen molar-refractivity contribution >= 4 is 5.97 Å². The van der Waals surface area contributed by atoms with E-state index >= 15 is 0 Å². The predicted molar refractivity (Wildman–Crippen MR) is 139 cm³/mol. The molecule has 4 rings (SSSR count). The Morgan fingerprint density at radius 2 is 1.80 bits per heavy atom. The standard InChI is InChI=1S/C28H24F3N5O4/c1-3-40-24(37)8-5-15-34-26(38)25(23-13-14-33-36(23)21-11-9-19(17-32)10-12-21)18(2)35(27(34)39)22-7-4-6-20(16-22)28(29,30)31/h4,6-7,9-14,16H,3,5,8,15H2,1-2H3. The molecule has 2 aromatic heterocycles. The second-order valence-electron chi connectivity index (χ2n) is 8.78. The van der Waals surface area contributed by atoms with Crippen LogP contribution < -0.4 is 11.2 Å². The zero-order chi connectivity index (χ0) is 29.0. The summed E-state index contributed by atoms with van der Waals surface area (Å²) in [7, 11) is 0. The van der Waals surface area contributed by atoms with Crippen LogP contribution in [0.4, 0.5) is 13.2 Å². The molecule has 40 heavy (non-hydrogen) atoms. The Labute approximate surface area is 226 Å². The van der Waals surface area contributed by atoms with Crippen molar-refractivity contribution < 1.29 is 22.7 Å². The van der Waals surface area contributed by atoms with Gasteiger partial charge in [0.1, 0.15) is 0 Å². The number of hydrogen-bond donors (Lipinski definition) is 0. The van der Waals surface area contributed by atoms with Crippen LogP contribution in [0.1, 0.15) is 36.6 Å². The van der Waals surface area contributed by atoms with Gasteiger partial charge in [0.15, 0.2) is 0 Å². The third-order valence-corrected chi connectivity index (χ3v) is 6.22. The Hall–Kier alpha value is -4.92. The van der Waals surface area contributed by atoms with E-state index in [0.29, 0.717) is 11.3 Å². The summed E-state index contributed by atoms with van der Waals surface area (Å²) in [5.74, 6) is -0.500. The fraction of sp³-hybridized carbons (Fsp3) is 0.250. The second kappa shape index (κ2) is 11.4. The SMILES string of the molecule is CCOC(=O)CCCn1c(=O)c(-c2ccnn2-c2ccc(C#N)cc2)c(C)n(-c2cccc(C(F)(F)F)c2)c1=O. The lowest BCUT2D eigenvalue weighted by molar-refractivity contribution is -0.143. The van der Waals surface area contributed by atoms with E-state index in [4.69, 9.17) is 10.00 Å². The van der Waals surface area contributed by atoms with Gasteiger partial charge in [0, 0.05) is 18.7 Å². The predicted octanol–water partition coefficient (Wildman–Crippen LogP) is 4.39. The lowest BCUT2D eigenvalue weighted by Crippen LogP contribution is -2.42. The van der Waals surface area contributed by atoms with Gasteiger partial charge in [0.05, 0.1) is 52.6 Å². The number of carbonyl (C=O) groups is 1. The summed E-state index contributed by atoms with van der Waals surface area (Å²) in [4.78, 5) is 39.2. The van der Waals surface area contributed by atoms with Crippen LogP contribution in [0, 0.1) is 18.3 Å². The van der Waals surface area contributed by atoms with Crippen molar-refractivity contribution in [2.45, 2.75) is 39.4 Å². The molecule has 0 atom stereocenters. The van der Waals surface area contributed by atoms with Crippen molar-refractivity contribution in [1.82, 2.24) is 18.9 Å². The van der Waals surface area contributed by atoms with Gasteiger partial charge in [0.25, 0.3) is 5.56 Å². The normalized spacial score (nSPS) is 11.3. The first-order valence-corrected chi connectivity index (χ1v) is 12.3. The van der Waals surface area contributed by atoms with E-state index in [1.807, 2.05) is 6.07 Å². The molecule has 0 spiro atoms. The van der Waals surface area contributed by atoms with E-state index in [0.717, 1.165) is 21.3 Å². The number of nitriles is 1. The van der Waals surface area contributed by atoms with Crippen LogP contribution in [-0.2, 0) is 22.3 Å². The number of halogens is 3. The molecule has 0 saturated carbocycles. The van der Waals surface area contributed by atoms with Crippen LogP contribution in [0.2, 0.25) is 0 Å². The molecule has 4 aromatic rings. The maximum Gasteiger partial charge on any atom is 0.416 e. The van der Waals surface area contributed by atoms with Crippen LogP contribution >= 0.6 is 0 Å². The molecule has 0 N–H and O–H groups in total. The van der Waals surface area contributed by atoms with Crippen molar-refractivity contribution in [3.8, 4) is 28.7 Å². The third kappa shape index (κ3) is 5.58. The largest absolute Gasteiger partial charge is 0.466 e. The average Bonchev–Trinajstić information content (AvgIpc) is 3.40. The summed E-state index contributed by atoms with van der Waals surface area (Å²) >= 11 is 0. The van der Waals surface area contributed by atoms with E-state index in [1.54, 1.807) is 37.3 Å². The van der Waals surface area contributed by atoms with E-state index in [-0.39, 0.29) is 48.6 Å². The smallest absolute Gasteiger partial charge is 0.416 e. The summed E-state index contributed by atoms with van der Waals surface area (Å²) in [5.41, 5.74) is -1.22. The maximum atomic E-state index is 13.8. The zero-order valence-corrected chi connectivity index (χ0v) is 21.6. The molecule has 0 saturated heterocycles. The van der Waals surface area contributed by atoms with Crippen molar-refractivity contribution in [2.24, 2.45) is 0 Å². The molecule has 206 valence electrons. The Kier molecular flexibility index (Phi) is 8.04. The van der Waals surface area contributed by atoms with Crippen molar-refractivity contribution in [3.63, 3.8) is 0 Å². The molecule has 12 heteroatoms. The molecule has 2 aromatic carbocycles. The van der Waals surface area contributed by atoms with E-state index in [9.17, 15) is 27.6 Å². The summed E-state index contributed by atoms with van der Waals surface area (Å²) in [6.07, 6.45) is -3.18. The molecule has 9 nitrogen and oxygen atoms in total. The Bertz CT molecular complexity index is 1710. The summed E-state index contributed by atoms with van der Waals surface area (Å²) in [6.45, 7) is 3.12. The van der Waals surface area contributed by atoms with Gasteiger partial charge < -0.3 is 4.74 Å². The minimum absolute atomic E-state index is 0.0370. The zero-order valence-electron chi connectivity index (χ0n) is 21.6. The molecule has 0 unspecified atom stereocenters. The number of esters is 1. The van der Waals surface area contributed by atoms with Crippen LogP contribution in [0.25, 0.3) is 22.6 Å². The number of hydrogen-bond acceptors (Lipinski definition) is 6. The fourth-order valence-electron chi connectivity index (χ4n) is 4.36. The maximum absolute atomic E-state index is 13.8. The molecular weight excluding hydrogens is 527 g/mol. The van der Waals surface area contributed by atoms with Gasteiger partial charge in [0.2, 0.25) is 0 Å². The first-order chi connectivity index (χ1) is 19.1.